The molecule has 0 aliphatic carbocycles. The average Bonchev–Trinajstić information content (AvgIpc) is 2.87. The second kappa shape index (κ2) is 13.3. The lowest BCUT2D eigenvalue weighted by Crippen LogP contribution is -2.54. The minimum absolute atomic E-state index is 0.0604. The number of fused-ring (bicyclic) bond motifs is 2. The van der Waals surface area contributed by atoms with E-state index < -0.39 is 35.8 Å². The molecule has 36 heavy (non-hydrogen) atoms. The van der Waals surface area contributed by atoms with Gasteiger partial charge in [0.15, 0.2) is 0 Å². The van der Waals surface area contributed by atoms with Gasteiger partial charge in [-0.2, -0.15) is 0 Å². The Labute approximate surface area is 210 Å². The SMILES string of the molecule is CC(C)CC(NC(=O)OCc1ccccc1)C(=O)NC1CCc2ccnc(n2)CCCNC(=O)C1=O. The normalized spacial score (nSPS) is 17.2. The molecule has 2 atom stereocenters. The van der Waals surface area contributed by atoms with Gasteiger partial charge in [-0.1, -0.05) is 44.2 Å². The fourth-order valence-electron chi connectivity index (χ4n) is 3.84. The Bertz CT molecular complexity index is 1060. The topological polar surface area (TPSA) is 139 Å². The van der Waals surface area contributed by atoms with Crippen molar-refractivity contribution in [2.45, 2.75) is 64.6 Å². The zero-order valence-corrected chi connectivity index (χ0v) is 20.7. The predicted molar refractivity (Wildman–Crippen MR) is 132 cm³/mol. The van der Waals surface area contributed by atoms with E-state index in [4.69, 9.17) is 4.74 Å². The van der Waals surface area contributed by atoms with Gasteiger partial charge >= 0.3 is 6.09 Å². The number of hydrogen-bond donors (Lipinski definition) is 3. The molecule has 0 fully saturated rings. The van der Waals surface area contributed by atoms with Gasteiger partial charge in [0.2, 0.25) is 11.7 Å². The molecule has 1 aromatic heterocycles. The molecule has 2 heterocycles. The number of aromatic nitrogens is 2. The first kappa shape index (κ1) is 26.8. The second-order valence-electron chi connectivity index (χ2n) is 9.18. The van der Waals surface area contributed by atoms with Crippen LogP contribution in [-0.4, -0.2) is 52.3 Å². The van der Waals surface area contributed by atoms with Crippen LogP contribution in [0.2, 0.25) is 0 Å². The highest BCUT2D eigenvalue weighted by Crippen LogP contribution is 2.10. The lowest BCUT2D eigenvalue weighted by atomic mass is 10.0. The Balaban J connectivity index is 1.68. The van der Waals surface area contributed by atoms with Crippen molar-refractivity contribution < 1.29 is 23.9 Å². The molecule has 0 radical (unpaired) electrons. The fraction of sp³-hybridized carbons (Fsp3) is 0.462. The van der Waals surface area contributed by atoms with Gasteiger partial charge in [0, 0.05) is 24.9 Å². The molecule has 2 unspecified atom stereocenters. The van der Waals surface area contributed by atoms with E-state index in [0.717, 1.165) is 11.3 Å². The molecule has 1 aliphatic rings. The van der Waals surface area contributed by atoms with Crippen LogP contribution in [0.4, 0.5) is 4.79 Å². The highest BCUT2D eigenvalue weighted by molar-refractivity contribution is 6.38. The summed E-state index contributed by atoms with van der Waals surface area (Å²) in [5, 5.41) is 7.88. The molecule has 10 heteroatoms. The zero-order valence-electron chi connectivity index (χ0n) is 20.7. The summed E-state index contributed by atoms with van der Waals surface area (Å²) in [6.07, 6.45) is 2.99. The number of nitrogens with one attached hydrogen (secondary N) is 3. The molecule has 3 amide bonds. The summed E-state index contributed by atoms with van der Waals surface area (Å²) >= 11 is 0. The predicted octanol–water partition coefficient (Wildman–Crippen LogP) is 1.87. The highest BCUT2D eigenvalue weighted by atomic mass is 16.5. The van der Waals surface area contributed by atoms with Gasteiger partial charge < -0.3 is 20.7 Å². The Morgan fingerprint density at radius 1 is 1.14 bits per heavy atom. The maximum Gasteiger partial charge on any atom is 0.408 e. The van der Waals surface area contributed by atoms with Crippen molar-refractivity contribution in [2.75, 3.05) is 6.54 Å². The van der Waals surface area contributed by atoms with Gasteiger partial charge in [-0.05, 0) is 43.2 Å². The van der Waals surface area contributed by atoms with E-state index in [-0.39, 0.29) is 18.9 Å². The van der Waals surface area contributed by atoms with Gasteiger partial charge in [-0.25, -0.2) is 14.8 Å². The molecular formula is C26H33N5O5. The summed E-state index contributed by atoms with van der Waals surface area (Å²) < 4.78 is 5.26. The van der Waals surface area contributed by atoms with Crippen molar-refractivity contribution >= 4 is 23.7 Å². The number of ether oxygens (including phenoxy) is 1. The standard InChI is InChI=1S/C26H33N5O5/c1-17(2)15-21(31-26(35)36-16-18-7-4-3-5-8-18)24(33)30-20-11-10-19-12-14-27-22(29-19)9-6-13-28-25(34)23(20)32/h3-5,7-8,12,14,17,20-21H,6,9-11,13,15-16H2,1-2H3,(H,28,34)(H,30,33)(H,31,35). The summed E-state index contributed by atoms with van der Waals surface area (Å²) in [5.74, 6) is -1.29. The van der Waals surface area contributed by atoms with Crippen LogP contribution in [0.1, 0.15) is 50.2 Å². The van der Waals surface area contributed by atoms with Crippen molar-refractivity contribution in [3.05, 3.63) is 59.7 Å². The Kier molecular flexibility index (Phi) is 9.91. The molecule has 192 valence electrons. The molecular weight excluding hydrogens is 462 g/mol. The van der Waals surface area contributed by atoms with Crippen LogP contribution < -0.4 is 16.0 Å². The number of Topliss-reactive ketones (excluding diaryl/α,β-unsaturated/α-hetero) is 1. The van der Waals surface area contributed by atoms with Crippen molar-refractivity contribution in [3.8, 4) is 0 Å². The largest absolute Gasteiger partial charge is 0.445 e. The molecule has 0 saturated heterocycles. The van der Waals surface area contributed by atoms with Crippen LogP contribution >= 0.6 is 0 Å². The van der Waals surface area contributed by atoms with Gasteiger partial charge in [0.1, 0.15) is 18.5 Å². The van der Waals surface area contributed by atoms with Gasteiger partial charge in [0.25, 0.3) is 5.91 Å². The zero-order chi connectivity index (χ0) is 25.9. The molecule has 3 rings (SSSR count). The lowest BCUT2D eigenvalue weighted by Gasteiger charge is -2.24. The monoisotopic (exact) mass is 495 g/mol. The number of nitrogens with zero attached hydrogens (tertiary/aromatic N) is 2. The Morgan fingerprint density at radius 3 is 2.67 bits per heavy atom. The minimum atomic E-state index is -1.06. The number of benzene rings is 1. The summed E-state index contributed by atoms with van der Waals surface area (Å²) in [6.45, 7) is 4.19. The molecule has 1 aromatic carbocycles. The molecule has 3 N–H and O–H groups in total. The van der Waals surface area contributed by atoms with Crippen LogP contribution in [0, 0.1) is 5.92 Å². The Morgan fingerprint density at radius 2 is 1.92 bits per heavy atom. The van der Waals surface area contributed by atoms with E-state index in [9.17, 15) is 19.2 Å². The number of carbonyl (C=O) groups is 4. The van der Waals surface area contributed by atoms with Crippen LogP contribution in [0.25, 0.3) is 0 Å². The number of hydrogen-bond acceptors (Lipinski definition) is 7. The average molecular weight is 496 g/mol. The van der Waals surface area contributed by atoms with E-state index in [1.54, 1.807) is 12.3 Å². The summed E-state index contributed by atoms with van der Waals surface area (Å²) in [7, 11) is 0. The number of carbonyl (C=O) groups excluding carboxylic acids is 4. The van der Waals surface area contributed by atoms with E-state index in [1.807, 2.05) is 44.2 Å². The van der Waals surface area contributed by atoms with E-state index >= 15 is 0 Å². The number of ketones is 1. The number of alkyl carbamates (subject to hydrolysis) is 1. The van der Waals surface area contributed by atoms with Crippen LogP contribution in [0.3, 0.4) is 0 Å². The minimum Gasteiger partial charge on any atom is -0.445 e. The molecule has 2 aromatic rings. The number of aryl methyl sites for hydroxylation is 2. The maximum absolute atomic E-state index is 13.2. The smallest absolute Gasteiger partial charge is 0.408 e. The van der Waals surface area contributed by atoms with Gasteiger partial charge in [-0.15, -0.1) is 0 Å². The van der Waals surface area contributed by atoms with E-state index in [2.05, 4.69) is 25.9 Å². The van der Waals surface area contributed by atoms with Crippen molar-refractivity contribution in [1.82, 2.24) is 25.9 Å². The van der Waals surface area contributed by atoms with Gasteiger partial charge in [-0.3, -0.25) is 14.4 Å². The molecule has 0 saturated carbocycles. The molecule has 1 aliphatic heterocycles. The van der Waals surface area contributed by atoms with Gasteiger partial charge in [0.05, 0.1) is 6.04 Å². The summed E-state index contributed by atoms with van der Waals surface area (Å²) in [4.78, 5) is 59.6. The lowest BCUT2D eigenvalue weighted by molar-refractivity contribution is -0.140. The molecule has 0 spiro atoms. The summed E-state index contributed by atoms with van der Waals surface area (Å²) in [6, 6.07) is 8.95. The third kappa shape index (κ3) is 8.44. The fourth-order valence-corrected chi connectivity index (χ4v) is 3.84. The Hall–Kier alpha value is -3.82. The maximum atomic E-state index is 13.2. The number of amides is 3. The van der Waals surface area contributed by atoms with Crippen molar-refractivity contribution in [3.63, 3.8) is 0 Å². The quantitative estimate of drug-likeness (QED) is 0.498. The molecule has 10 nitrogen and oxygen atoms in total. The van der Waals surface area contributed by atoms with Crippen LogP contribution in [0.5, 0.6) is 0 Å². The molecule has 2 bridgehead atoms. The van der Waals surface area contributed by atoms with E-state index in [1.165, 1.54) is 0 Å². The third-order valence-electron chi connectivity index (χ3n) is 5.70. The second-order valence-corrected chi connectivity index (χ2v) is 9.18. The first-order valence-corrected chi connectivity index (χ1v) is 12.2. The highest BCUT2D eigenvalue weighted by Gasteiger charge is 2.31. The van der Waals surface area contributed by atoms with Crippen molar-refractivity contribution in [2.24, 2.45) is 5.92 Å². The van der Waals surface area contributed by atoms with Crippen molar-refractivity contribution in [1.29, 1.82) is 0 Å². The summed E-state index contributed by atoms with van der Waals surface area (Å²) in [5.41, 5.74) is 1.55. The number of rotatable bonds is 7. The van der Waals surface area contributed by atoms with Crippen LogP contribution in [-0.2, 0) is 38.6 Å². The van der Waals surface area contributed by atoms with Crippen LogP contribution in [0.15, 0.2) is 42.6 Å². The first-order chi connectivity index (χ1) is 17.3. The third-order valence-corrected chi connectivity index (χ3v) is 5.70. The first-order valence-electron chi connectivity index (χ1n) is 12.2. The van der Waals surface area contributed by atoms with E-state index in [0.29, 0.717) is 38.1 Å².